The van der Waals surface area contributed by atoms with E-state index in [4.69, 9.17) is 19.3 Å². The number of carboxylic acids is 1. The molecule has 2 aliphatic rings. The molecule has 4 unspecified atom stereocenters. The van der Waals surface area contributed by atoms with Gasteiger partial charge in [0, 0.05) is 13.3 Å². The lowest BCUT2D eigenvalue weighted by Gasteiger charge is -2.48. The molecule has 0 bridgehead atoms. The molecule has 16 nitrogen and oxygen atoms in total. The van der Waals surface area contributed by atoms with E-state index in [2.05, 4.69) is 9.50 Å². The zero-order chi connectivity index (χ0) is 23.7. The van der Waals surface area contributed by atoms with Crippen LogP contribution in [0.1, 0.15) is 13.3 Å². The topological polar surface area (TPSA) is 259 Å². The molecule has 2 heterocycles. The maximum Gasteiger partial charge on any atom is 0.400 e. The van der Waals surface area contributed by atoms with Gasteiger partial charge >= 0.3 is 16.4 Å². The van der Waals surface area contributed by atoms with E-state index in [0.717, 1.165) is 6.92 Å². The summed E-state index contributed by atoms with van der Waals surface area (Å²) in [7, 11) is -5.39. The maximum atomic E-state index is 11.5. The quantitative estimate of drug-likeness (QED) is 0.126. The molecule has 180 valence electrons. The van der Waals surface area contributed by atoms with Gasteiger partial charge in [-0.05, 0) is 0 Å². The third kappa shape index (κ3) is 5.84. The van der Waals surface area contributed by atoms with E-state index in [1.54, 1.807) is 0 Å². The van der Waals surface area contributed by atoms with Crippen LogP contribution in [0.25, 0.3) is 0 Å². The molecular weight excluding hydrogens is 454 g/mol. The third-order valence-electron chi connectivity index (χ3n) is 4.57. The predicted octanol–water partition coefficient (Wildman–Crippen LogP) is -4.98. The Hall–Kier alpha value is -1.51. The predicted molar refractivity (Wildman–Crippen MR) is 91.0 cm³/mol. The fraction of sp³-hybridized carbons (Fsp3) is 0.857. The van der Waals surface area contributed by atoms with Gasteiger partial charge in [0.2, 0.25) is 11.7 Å². The lowest BCUT2D eigenvalue weighted by Crippen LogP contribution is -2.68. The molecule has 9 atom stereocenters. The van der Waals surface area contributed by atoms with Gasteiger partial charge in [0.05, 0.1) is 12.6 Å². The van der Waals surface area contributed by atoms with Crippen molar-refractivity contribution >= 4 is 22.3 Å². The number of aliphatic hydroxyl groups is 5. The second-order valence-corrected chi connectivity index (χ2v) is 7.91. The van der Waals surface area contributed by atoms with Crippen molar-refractivity contribution in [3.8, 4) is 0 Å². The molecule has 8 N–H and O–H groups in total. The Labute approximate surface area is 174 Å². The maximum absolute atomic E-state index is 11.5. The molecule has 0 aromatic heterocycles. The Bertz CT molecular complexity index is 776. The van der Waals surface area contributed by atoms with Crippen LogP contribution in [-0.4, -0.2) is 117 Å². The van der Waals surface area contributed by atoms with Crippen LogP contribution in [0.5, 0.6) is 0 Å². The molecule has 0 saturated carbocycles. The number of rotatable bonds is 7. The third-order valence-corrected chi connectivity index (χ3v) is 5.07. The van der Waals surface area contributed by atoms with Crippen molar-refractivity contribution in [2.45, 2.75) is 68.3 Å². The first kappa shape index (κ1) is 25.7. The summed E-state index contributed by atoms with van der Waals surface area (Å²) in [6, 6.07) is -1.44. The van der Waals surface area contributed by atoms with Crippen molar-refractivity contribution < 1.29 is 71.6 Å². The highest BCUT2D eigenvalue weighted by Gasteiger charge is 2.58. The molecule has 31 heavy (non-hydrogen) atoms. The molecule has 1 amide bonds. The van der Waals surface area contributed by atoms with Gasteiger partial charge in [-0.25, -0.2) is 8.98 Å². The molecule has 2 aliphatic heterocycles. The molecule has 17 heteroatoms. The Morgan fingerprint density at radius 2 is 1.74 bits per heavy atom. The summed E-state index contributed by atoms with van der Waals surface area (Å²) in [4.78, 5) is 22.6. The Kier molecular flexibility index (Phi) is 7.93. The number of hydrogen-bond donors (Lipinski definition) is 8. The monoisotopic (exact) mass is 477 g/mol. The molecule has 0 aromatic rings. The molecular formula is C14H23NO15S. The van der Waals surface area contributed by atoms with Gasteiger partial charge in [-0.2, -0.15) is 8.42 Å². The number of nitrogens with one attached hydrogen (secondary N) is 1. The van der Waals surface area contributed by atoms with E-state index in [-0.39, 0.29) is 0 Å². The number of carbonyl (C=O) groups excluding carboxylic acids is 1. The first-order valence-electron chi connectivity index (χ1n) is 8.70. The van der Waals surface area contributed by atoms with E-state index >= 15 is 0 Å². The van der Waals surface area contributed by atoms with Crippen LogP contribution in [0, 0.1) is 0 Å². The standard InChI is InChI=1S/C14H23NO15S/c1-4(17)15-5-2-14(30-31(24,25)26,6(3-16)27-12(5)23)29-13-9(20)7(18)8(19)10(28-13)11(21)22/h5-10,12-13,16,18-20,23H,2-3H2,1H3,(H,15,17)(H,21,22)(H,24,25,26)/t5?,6?,7-,8-,9?,10?,12+,13-,14+/m0/s1. The van der Waals surface area contributed by atoms with Crippen LogP contribution >= 0.6 is 0 Å². The van der Waals surface area contributed by atoms with Crippen molar-refractivity contribution in [3.05, 3.63) is 0 Å². The number of aliphatic hydroxyl groups excluding tert-OH is 5. The molecule has 2 saturated heterocycles. The van der Waals surface area contributed by atoms with Gasteiger partial charge in [0.15, 0.2) is 18.7 Å². The van der Waals surface area contributed by atoms with Crippen molar-refractivity contribution in [1.82, 2.24) is 5.32 Å². The highest BCUT2D eigenvalue weighted by Crippen LogP contribution is 2.38. The Morgan fingerprint density at radius 1 is 1.13 bits per heavy atom. The highest BCUT2D eigenvalue weighted by atomic mass is 32.3. The molecule has 0 spiro atoms. The van der Waals surface area contributed by atoms with E-state index in [0.29, 0.717) is 0 Å². The number of ether oxygens (including phenoxy) is 3. The van der Waals surface area contributed by atoms with Crippen LogP contribution in [-0.2, 0) is 38.4 Å². The minimum atomic E-state index is -5.39. The smallest absolute Gasteiger partial charge is 0.400 e. The summed E-state index contributed by atoms with van der Waals surface area (Å²) in [5, 5.41) is 60.7. The van der Waals surface area contributed by atoms with Crippen LogP contribution in [0.2, 0.25) is 0 Å². The fourth-order valence-corrected chi connectivity index (χ4v) is 3.80. The van der Waals surface area contributed by atoms with Gasteiger partial charge in [-0.15, -0.1) is 0 Å². The summed E-state index contributed by atoms with van der Waals surface area (Å²) in [6.45, 7) is -0.0596. The van der Waals surface area contributed by atoms with Crippen molar-refractivity contribution in [2.75, 3.05) is 6.61 Å². The Balaban J connectivity index is 2.45. The second kappa shape index (κ2) is 9.55. The summed E-state index contributed by atoms with van der Waals surface area (Å²) in [6.07, 6.45) is -15.3. The lowest BCUT2D eigenvalue weighted by atomic mass is 9.95. The number of carbonyl (C=O) groups is 2. The van der Waals surface area contributed by atoms with Gasteiger partial charge in [-0.3, -0.25) is 9.35 Å². The fourth-order valence-electron chi connectivity index (χ4n) is 3.23. The van der Waals surface area contributed by atoms with Gasteiger partial charge in [-0.1, -0.05) is 0 Å². The van der Waals surface area contributed by atoms with Gasteiger partial charge in [0.25, 0.3) is 0 Å². The summed E-state index contributed by atoms with van der Waals surface area (Å²) < 4.78 is 51.8. The molecule has 0 radical (unpaired) electrons. The van der Waals surface area contributed by atoms with Crippen molar-refractivity contribution in [3.63, 3.8) is 0 Å². The summed E-state index contributed by atoms with van der Waals surface area (Å²) in [5.41, 5.74) is 0. The van der Waals surface area contributed by atoms with Crippen molar-refractivity contribution in [1.29, 1.82) is 0 Å². The minimum Gasteiger partial charge on any atom is -0.479 e. The van der Waals surface area contributed by atoms with Crippen LogP contribution < -0.4 is 5.32 Å². The SMILES string of the molecule is CC(=O)NC1C[C@@](O[C@@H]2OC(C(=O)O)[C@@H](O)[C@H](O)C2O)(OS(=O)(=O)O)C(CO)O[C@H]1O. The van der Waals surface area contributed by atoms with E-state index in [9.17, 15) is 48.1 Å². The van der Waals surface area contributed by atoms with Crippen LogP contribution in [0.4, 0.5) is 0 Å². The first-order chi connectivity index (χ1) is 14.2. The number of hydrogen-bond acceptors (Lipinski definition) is 13. The van der Waals surface area contributed by atoms with Crippen LogP contribution in [0.3, 0.4) is 0 Å². The van der Waals surface area contributed by atoms with E-state index in [1.165, 1.54) is 0 Å². The zero-order valence-corrected chi connectivity index (χ0v) is 16.7. The van der Waals surface area contributed by atoms with Crippen molar-refractivity contribution in [2.24, 2.45) is 0 Å². The zero-order valence-electron chi connectivity index (χ0n) is 15.8. The molecule has 0 aliphatic carbocycles. The minimum absolute atomic E-state index is 0.714. The van der Waals surface area contributed by atoms with Gasteiger partial charge in [0.1, 0.15) is 24.4 Å². The molecule has 0 aromatic carbocycles. The average molecular weight is 477 g/mol. The first-order valence-corrected chi connectivity index (χ1v) is 10.1. The number of amides is 1. The highest BCUT2D eigenvalue weighted by molar-refractivity contribution is 7.80. The number of aliphatic carboxylic acids is 1. The summed E-state index contributed by atoms with van der Waals surface area (Å²) in [5.74, 6) is -5.29. The van der Waals surface area contributed by atoms with E-state index < -0.39 is 90.2 Å². The van der Waals surface area contributed by atoms with Crippen LogP contribution in [0.15, 0.2) is 0 Å². The second-order valence-electron chi connectivity index (χ2n) is 6.88. The summed E-state index contributed by atoms with van der Waals surface area (Å²) >= 11 is 0. The molecule has 2 fully saturated rings. The Morgan fingerprint density at radius 3 is 2.23 bits per heavy atom. The normalized spacial score (nSPS) is 41.5. The lowest BCUT2D eigenvalue weighted by molar-refractivity contribution is -0.395. The molecule has 2 rings (SSSR count). The number of carboxylic acid groups (broad SMARTS) is 1. The largest absolute Gasteiger partial charge is 0.479 e. The van der Waals surface area contributed by atoms with E-state index in [1.807, 2.05) is 0 Å². The van der Waals surface area contributed by atoms with Gasteiger partial charge < -0.3 is 50.2 Å². The average Bonchev–Trinajstić information content (AvgIpc) is 2.62.